The van der Waals surface area contributed by atoms with Crippen molar-refractivity contribution >= 4 is 44.3 Å². The Morgan fingerprint density at radius 3 is 1.19 bits per heavy atom. The van der Waals surface area contributed by atoms with Gasteiger partial charge in [-0.1, -0.05) is 146 Å². The fourth-order valence-corrected chi connectivity index (χ4v) is 7.40. The Morgan fingerprint density at radius 2 is 0.750 bits per heavy atom. The Morgan fingerprint density at radius 1 is 0.375 bits per heavy atom. The van der Waals surface area contributed by atoms with E-state index in [2.05, 4.69) is 180 Å². The topological polar surface area (TPSA) is 31.2 Å². The first kappa shape index (κ1) is 28.2. The van der Waals surface area contributed by atoms with Gasteiger partial charge in [-0.25, -0.2) is 0 Å². The van der Waals surface area contributed by atoms with Crippen LogP contribution in [-0.4, -0.2) is 11.4 Å². The van der Waals surface area contributed by atoms with Gasteiger partial charge in [0.2, 0.25) is 0 Å². The number of fused-ring (bicyclic) bond motifs is 2. The lowest BCUT2D eigenvalue weighted by Crippen LogP contribution is -2.20. The molecule has 7 aromatic carbocycles. The first-order valence-corrected chi connectivity index (χ1v) is 16.7. The number of rotatable bonds is 6. The highest BCUT2D eigenvalue weighted by Crippen LogP contribution is 2.41. The highest BCUT2D eigenvalue weighted by atomic mass is 15.5. The quantitative estimate of drug-likeness (QED) is 0.186. The van der Waals surface area contributed by atoms with E-state index in [0.29, 0.717) is 0 Å². The highest BCUT2D eigenvalue weighted by molar-refractivity contribution is 6.13. The number of benzene rings is 7. The van der Waals surface area contributed by atoms with Gasteiger partial charge in [-0.2, -0.15) is 10.2 Å². The van der Waals surface area contributed by atoms with Crippen LogP contribution in [0.3, 0.4) is 0 Å². The molecule has 2 unspecified atom stereocenters. The molecule has 7 aromatic rings. The Bertz CT molecular complexity index is 2130. The van der Waals surface area contributed by atoms with Gasteiger partial charge in [0.05, 0.1) is 34.9 Å². The van der Waals surface area contributed by atoms with Crippen LogP contribution in [0.1, 0.15) is 47.2 Å². The third-order valence-electron chi connectivity index (χ3n) is 9.77. The van der Waals surface area contributed by atoms with Gasteiger partial charge in [0.25, 0.3) is 0 Å². The second-order valence-corrected chi connectivity index (χ2v) is 12.6. The molecule has 48 heavy (non-hydrogen) atoms. The summed E-state index contributed by atoms with van der Waals surface area (Å²) in [6.07, 6.45) is 1.66. The van der Waals surface area contributed by atoms with Crippen LogP contribution in [0.15, 0.2) is 180 Å². The maximum Gasteiger partial charge on any atom is 0.0831 e. The largest absolute Gasteiger partial charge is 0.257 e. The molecular formula is C44H34N4. The molecule has 0 saturated heterocycles. The maximum absolute atomic E-state index is 5.28. The Labute approximate surface area is 280 Å². The second kappa shape index (κ2) is 12.0. The summed E-state index contributed by atoms with van der Waals surface area (Å²) in [6, 6.07) is 60.7. The average Bonchev–Trinajstić information content (AvgIpc) is 3.81. The summed E-state index contributed by atoms with van der Waals surface area (Å²) >= 11 is 0. The summed E-state index contributed by atoms with van der Waals surface area (Å²) in [7, 11) is 0. The third-order valence-corrected chi connectivity index (χ3v) is 9.77. The molecule has 0 aromatic heterocycles. The Kier molecular flexibility index (Phi) is 7.05. The summed E-state index contributed by atoms with van der Waals surface area (Å²) in [6.45, 7) is 0. The summed E-state index contributed by atoms with van der Waals surface area (Å²) in [5.74, 6) is 0. The van der Waals surface area contributed by atoms with E-state index in [1.807, 2.05) is 0 Å². The molecule has 0 amide bonds. The summed E-state index contributed by atoms with van der Waals surface area (Å²) in [4.78, 5) is 0. The molecule has 0 N–H and O–H groups in total. The molecule has 2 heterocycles. The summed E-state index contributed by atoms with van der Waals surface area (Å²) in [5.41, 5.74) is 9.34. The minimum Gasteiger partial charge on any atom is -0.257 e. The first-order chi connectivity index (χ1) is 23.8. The molecule has 2 aliphatic rings. The van der Waals surface area contributed by atoms with Crippen LogP contribution in [-0.2, 0) is 0 Å². The molecule has 0 saturated carbocycles. The van der Waals surface area contributed by atoms with E-state index in [4.69, 9.17) is 10.2 Å². The van der Waals surface area contributed by atoms with Crippen LogP contribution in [0.4, 0.5) is 11.4 Å². The third kappa shape index (κ3) is 5.03. The minimum absolute atomic E-state index is 0.0896. The van der Waals surface area contributed by atoms with E-state index >= 15 is 0 Å². The van der Waals surface area contributed by atoms with E-state index in [-0.39, 0.29) is 12.1 Å². The van der Waals surface area contributed by atoms with E-state index in [1.54, 1.807) is 0 Å². The number of anilines is 2. The van der Waals surface area contributed by atoms with Crippen molar-refractivity contribution < 1.29 is 0 Å². The van der Waals surface area contributed by atoms with Crippen LogP contribution in [0, 0.1) is 0 Å². The fraction of sp³-hybridized carbons (Fsp3) is 0.0909. The van der Waals surface area contributed by atoms with Gasteiger partial charge in [0.1, 0.15) is 0 Å². The molecule has 4 heteroatoms. The normalized spacial score (nSPS) is 17.6. The Balaban J connectivity index is 1.06. The summed E-state index contributed by atoms with van der Waals surface area (Å²) in [5, 5.41) is 19.9. The van der Waals surface area contributed by atoms with Gasteiger partial charge < -0.3 is 0 Å². The molecule has 0 radical (unpaired) electrons. The van der Waals surface area contributed by atoms with Gasteiger partial charge in [-0.05, 0) is 56.9 Å². The van der Waals surface area contributed by atoms with Crippen molar-refractivity contribution in [3.05, 3.63) is 192 Å². The van der Waals surface area contributed by atoms with E-state index in [0.717, 1.165) is 35.6 Å². The average molecular weight is 619 g/mol. The molecule has 0 aliphatic carbocycles. The Hall–Kier alpha value is -6.00. The van der Waals surface area contributed by atoms with Crippen molar-refractivity contribution in [3.8, 4) is 0 Å². The van der Waals surface area contributed by atoms with Crippen molar-refractivity contribution in [2.75, 3.05) is 10.0 Å². The van der Waals surface area contributed by atoms with Crippen LogP contribution in [0.25, 0.3) is 21.5 Å². The van der Waals surface area contributed by atoms with Gasteiger partial charge in [0.15, 0.2) is 0 Å². The highest BCUT2D eigenvalue weighted by Gasteiger charge is 2.33. The standard InChI is InChI=1S/C44H34N4/c1-3-17-35(18-4-1)47-43(29-41(45-47)39-23-11-15-31-13-7-9-21-37(31)39)33-25-27-34(28-26-33)44-30-42(46-48(44)36-19-5-2-6-20-36)40-24-12-16-32-14-8-10-22-38(32)40/h1-28,43-44H,29-30H2. The molecular weight excluding hydrogens is 585 g/mol. The molecule has 0 bridgehead atoms. The lowest BCUT2D eigenvalue weighted by atomic mass is 9.92. The molecule has 9 rings (SSSR count). The minimum atomic E-state index is 0.0896. The zero-order chi connectivity index (χ0) is 31.9. The van der Waals surface area contributed by atoms with Gasteiger partial charge in [-0.15, -0.1) is 0 Å². The van der Waals surface area contributed by atoms with Crippen molar-refractivity contribution in [2.24, 2.45) is 10.2 Å². The number of hydrogen-bond donors (Lipinski definition) is 0. The lowest BCUT2D eigenvalue weighted by Gasteiger charge is -2.26. The number of nitrogens with zero attached hydrogens (tertiary/aromatic N) is 4. The van der Waals surface area contributed by atoms with Crippen LogP contribution in [0.2, 0.25) is 0 Å². The van der Waals surface area contributed by atoms with Gasteiger partial charge in [-0.3, -0.25) is 10.0 Å². The SMILES string of the molecule is c1ccc(N2N=C(c3cccc4ccccc34)CC2c2ccc(C3CC(c4cccc5ccccc45)=NN3c3ccccc3)cc2)cc1. The van der Waals surface area contributed by atoms with Crippen molar-refractivity contribution in [1.29, 1.82) is 0 Å². The maximum atomic E-state index is 5.28. The number of hydrogen-bond acceptors (Lipinski definition) is 4. The van der Waals surface area contributed by atoms with E-state index in [9.17, 15) is 0 Å². The molecule has 0 spiro atoms. The molecule has 230 valence electrons. The van der Waals surface area contributed by atoms with Crippen molar-refractivity contribution in [2.45, 2.75) is 24.9 Å². The van der Waals surface area contributed by atoms with Crippen LogP contribution in [0.5, 0.6) is 0 Å². The first-order valence-electron chi connectivity index (χ1n) is 16.7. The molecule has 2 atom stereocenters. The van der Waals surface area contributed by atoms with E-state index < -0.39 is 0 Å². The van der Waals surface area contributed by atoms with Crippen molar-refractivity contribution in [3.63, 3.8) is 0 Å². The van der Waals surface area contributed by atoms with Crippen LogP contribution >= 0.6 is 0 Å². The number of para-hydroxylation sites is 2. The summed E-state index contributed by atoms with van der Waals surface area (Å²) < 4.78 is 0. The monoisotopic (exact) mass is 618 g/mol. The lowest BCUT2D eigenvalue weighted by molar-refractivity contribution is 0.696. The number of hydrazone groups is 2. The molecule has 4 nitrogen and oxygen atoms in total. The van der Waals surface area contributed by atoms with E-state index in [1.165, 1.54) is 43.8 Å². The second-order valence-electron chi connectivity index (χ2n) is 12.6. The van der Waals surface area contributed by atoms with Crippen molar-refractivity contribution in [1.82, 2.24) is 0 Å². The zero-order valence-electron chi connectivity index (χ0n) is 26.5. The molecule has 2 aliphatic heterocycles. The molecule has 0 fully saturated rings. The fourth-order valence-electron chi connectivity index (χ4n) is 7.40. The smallest absolute Gasteiger partial charge is 0.0831 e. The van der Waals surface area contributed by atoms with Gasteiger partial charge in [0, 0.05) is 24.0 Å². The van der Waals surface area contributed by atoms with Gasteiger partial charge >= 0.3 is 0 Å². The predicted molar refractivity (Wildman–Crippen MR) is 200 cm³/mol. The van der Waals surface area contributed by atoms with Crippen LogP contribution < -0.4 is 10.0 Å². The zero-order valence-corrected chi connectivity index (χ0v) is 26.5. The predicted octanol–water partition coefficient (Wildman–Crippen LogP) is 10.7.